The van der Waals surface area contributed by atoms with E-state index >= 15 is 0 Å². The van der Waals surface area contributed by atoms with Crippen molar-refractivity contribution in [1.29, 1.82) is 15.8 Å². The van der Waals surface area contributed by atoms with Crippen molar-refractivity contribution >= 4 is 15.9 Å². The summed E-state index contributed by atoms with van der Waals surface area (Å²) in [6, 6.07) is 4.42. The maximum Gasteiger partial charge on any atom is 0.282 e. The Hall–Kier alpha value is -1.05. The maximum absolute atomic E-state index is 8.04. The molecule has 0 N–H and O–H groups in total. The predicted octanol–water partition coefficient (Wildman–Crippen LogP) is 0.691. The zero-order chi connectivity index (χ0) is 6.62. The van der Waals surface area contributed by atoms with Gasteiger partial charge in [0.25, 0.3) is 4.32 Å². The third kappa shape index (κ3) is 1.22. The molecule has 3 nitrogen and oxygen atoms in total. The SMILES string of the molecule is N#CC(Br)(C#N)C#N. The fourth-order valence-electron chi connectivity index (χ4n) is 0.0750. The van der Waals surface area contributed by atoms with Crippen molar-refractivity contribution in [3.05, 3.63) is 0 Å². The van der Waals surface area contributed by atoms with E-state index in [0.29, 0.717) is 0 Å². The van der Waals surface area contributed by atoms with Crippen LogP contribution in [-0.2, 0) is 0 Å². The van der Waals surface area contributed by atoms with E-state index < -0.39 is 4.32 Å². The molecule has 0 aliphatic rings. The number of hydrogen-bond acceptors (Lipinski definition) is 3. The van der Waals surface area contributed by atoms with Crippen molar-refractivity contribution in [3.63, 3.8) is 0 Å². The second-order valence-electron chi connectivity index (χ2n) is 0.994. The number of rotatable bonds is 0. The molecule has 0 aromatic heterocycles. The summed E-state index contributed by atoms with van der Waals surface area (Å²) in [5.74, 6) is 0. The molecule has 0 heterocycles. The largest absolute Gasteiger partial charge is 0.282 e. The van der Waals surface area contributed by atoms with Gasteiger partial charge >= 0.3 is 0 Å². The summed E-state index contributed by atoms with van der Waals surface area (Å²) in [6.07, 6.45) is 0. The molecule has 0 spiro atoms. The van der Waals surface area contributed by atoms with Gasteiger partial charge in [0.15, 0.2) is 0 Å². The van der Waals surface area contributed by atoms with Crippen LogP contribution < -0.4 is 0 Å². The van der Waals surface area contributed by atoms with Gasteiger partial charge in [0, 0.05) is 0 Å². The Morgan fingerprint density at radius 3 is 1.25 bits per heavy atom. The van der Waals surface area contributed by atoms with Crippen LogP contribution in [0.5, 0.6) is 0 Å². The predicted molar refractivity (Wildman–Crippen MR) is 28.5 cm³/mol. The molecule has 0 radical (unpaired) electrons. The molecule has 4 heteroatoms. The molecular weight excluding hydrogens is 170 g/mol. The van der Waals surface area contributed by atoms with Gasteiger partial charge in [-0.05, 0) is 15.9 Å². The summed E-state index contributed by atoms with van der Waals surface area (Å²) in [4.78, 5) is 0. The second-order valence-corrected chi connectivity index (χ2v) is 2.18. The molecule has 0 aromatic rings. The Morgan fingerprint density at radius 2 is 1.25 bits per heavy atom. The Kier molecular flexibility index (Phi) is 2.00. The molecule has 8 heavy (non-hydrogen) atoms. The van der Waals surface area contributed by atoms with E-state index in [1.165, 1.54) is 18.2 Å². The van der Waals surface area contributed by atoms with Gasteiger partial charge in [-0.2, -0.15) is 15.8 Å². The molecule has 38 valence electrons. The average Bonchev–Trinajstić information content (AvgIpc) is 1.87. The van der Waals surface area contributed by atoms with Crippen LogP contribution in [-0.4, -0.2) is 4.32 Å². The van der Waals surface area contributed by atoms with Crippen molar-refractivity contribution in [1.82, 2.24) is 0 Å². The average molecular weight is 170 g/mol. The highest BCUT2D eigenvalue weighted by atomic mass is 79.9. The summed E-state index contributed by atoms with van der Waals surface area (Å²) in [6.45, 7) is 0. The molecule has 0 fully saturated rings. The first-order valence-corrected chi connectivity index (χ1v) is 2.40. The van der Waals surface area contributed by atoms with Gasteiger partial charge in [0.1, 0.15) is 18.2 Å². The van der Waals surface area contributed by atoms with Crippen LogP contribution in [0.2, 0.25) is 0 Å². The number of alkyl halides is 1. The minimum atomic E-state index is -1.65. The molecule has 0 aliphatic carbocycles. The summed E-state index contributed by atoms with van der Waals surface area (Å²) >= 11 is 2.60. The fraction of sp³-hybridized carbons (Fsp3) is 0.250. The Labute approximate surface area is 54.9 Å². The molecule has 0 amide bonds. The van der Waals surface area contributed by atoms with Crippen LogP contribution in [0.4, 0.5) is 0 Å². The van der Waals surface area contributed by atoms with E-state index in [-0.39, 0.29) is 0 Å². The normalized spacial score (nSPS) is 8.25. The maximum atomic E-state index is 8.04. The molecule has 0 aliphatic heterocycles. The highest BCUT2D eigenvalue weighted by Crippen LogP contribution is 2.12. The molecule has 0 saturated heterocycles. The molecule has 0 atom stereocenters. The van der Waals surface area contributed by atoms with Crippen LogP contribution in [0.15, 0.2) is 0 Å². The van der Waals surface area contributed by atoms with Gasteiger partial charge in [-0.1, -0.05) is 0 Å². The summed E-state index contributed by atoms with van der Waals surface area (Å²) < 4.78 is -1.65. The van der Waals surface area contributed by atoms with E-state index in [9.17, 15) is 0 Å². The monoisotopic (exact) mass is 169 g/mol. The van der Waals surface area contributed by atoms with Crippen LogP contribution in [0.3, 0.4) is 0 Å². The topological polar surface area (TPSA) is 71.4 Å². The molecule has 0 bridgehead atoms. The second kappa shape index (κ2) is 2.31. The lowest BCUT2D eigenvalue weighted by Gasteiger charge is -1.90. The van der Waals surface area contributed by atoms with Crippen molar-refractivity contribution in [3.8, 4) is 18.2 Å². The van der Waals surface area contributed by atoms with Gasteiger partial charge in [-0.15, -0.1) is 0 Å². The number of hydrogen-bond donors (Lipinski definition) is 0. The zero-order valence-corrected chi connectivity index (χ0v) is 5.31. The molecule has 0 rings (SSSR count). The summed E-state index contributed by atoms with van der Waals surface area (Å²) in [7, 11) is 0. The van der Waals surface area contributed by atoms with Gasteiger partial charge in [0.05, 0.1) is 0 Å². The van der Waals surface area contributed by atoms with Crippen molar-refractivity contribution in [2.45, 2.75) is 4.32 Å². The Balaban J connectivity index is 4.42. The lowest BCUT2D eigenvalue weighted by atomic mass is 10.2. The van der Waals surface area contributed by atoms with Crippen LogP contribution in [0.1, 0.15) is 0 Å². The molecule has 0 unspecified atom stereocenters. The van der Waals surface area contributed by atoms with Crippen LogP contribution >= 0.6 is 15.9 Å². The van der Waals surface area contributed by atoms with E-state index in [2.05, 4.69) is 15.9 Å². The molecular formula is C4BrN3. The zero-order valence-electron chi connectivity index (χ0n) is 3.72. The van der Waals surface area contributed by atoms with Gasteiger partial charge < -0.3 is 0 Å². The van der Waals surface area contributed by atoms with Crippen LogP contribution in [0, 0.1) is 34.0 Å². The van der Waals surface area contributed by atoms with E-state index in [4.69, 9.17) is 15.8 Å². The third-order valence-electron chi connectivity index (χ3n) is 0.462. The van der Waals surface area contributed by atoms with Crippen molar-refractivity contribution in [2.75, 3.05) is 0 Å². The van der Waals surface area contributed by atoms with Crippen molar-refractivity contribution in [2.24, 2.45) is 0 Å². The Morgan fingerprint density at radius 1 is 1.00 bits per heavy atom. The standard InChI is InChI=1S/C4BrN3/c5-4(1-6,2-7)3-8. The minimum absolute atomic E-state index is 1.47. The van der Waals surface area contributed by atoms with Gasteiger partial charge in [0.2, 0.25) is 0 Å². The summed E-state index contributed by atoms with van der Waals surface area (Å²) in [5.41, 5.74) is 0. The smallest absolute Gasteiger partial charge is 0.194 e. The first-order valence-electron chi connectivity index (χ1n) is 1.61. The molecule has 0 aromatic carbocycles. The summed E-state index contributed by atoms with van der Waals surface area (Å²) in [5, 5.41) is 24.1. The van der Waals surface area contributed by atoms with E-state index in [0.717, 1.165) is 0 Å². The highest BCUT2D eigenvalue weighted by molar-refractivity contribution is 9.10. The van der Waals surface area contributed by atoms with E-state index in [1.54, 1.807) is 0 Å². The number of halogens is 1. The Bertz CT molecular complexity index is 165. The number of nitrogens with zero attached hydrogens (tertiary/aromatic N) is 3. The van der Waals surface area contributed by atoms with E-state index in [1.807, 2.05) is 0 Å². The first kappa shape index (κ1) is 6.95. The minimum Gasteiger partial charge on any atom is -0.194 e. The molecule has 0 saturated carbocycles. The van der Waals surface area contributed by atoms with Crippen molar-refractivity contribution < 1.29 is 0 Å². The highest BCUT2D eigenvalue weighted by Gasteiger charge is 2.24. The van der Waals surface area contributed by atoms with Gasteiger partial charge in [-0.3, -0.25) is 0 Å². The number of nitriles is 3. The fourth-order valence-corrected chi connectivity index (χ4v) is 0.0750. The van der Waals surface area contributed by atoms with Gasteiger partial charge in [-0.25, -0.2) is 0 Å². The third-order valence-corrected chi connectivity index (χ3v) is 0.994. The van der Waals surface area contributed by atoms with Crippen LogP contribution in [0.25, 0.3) is 0 Å². The first-order chi connectivity index (χ1) is 3.68. The lowest BCUT2D eigenvalue weighted by molar-refractivity contribution is 1.18. The quantitative estimate of drug-likeness (QED) is 0.502. The lowest BCUT2D eigenvalue weighted by Crippen LogP contribution is -2.09.